The van der Waals surface area contributed by atoms with E-state index in [0.29, 0.717) is 5.76 Å². The summed E-state index contributed by atoms with van der Waals surface area (Å²) in [6, 6.07) is 8.90. The van der Waals surface area contributed by atoms with Crippen LogP contribution in [-0.4, -0.2) is 32.4 Å². The number of hydrogen-bond acceptors (Lipinski definition) is 6. The molecule has 1 aliphatic rings. The number of ether oxygens (including phenoxy) is 1. The summed E-state index contributed by atoms with van der Waals surface area (Å²) in [5, 5.41) is 2.75. The van der Waals surface area contributed by atoms with Gasteiger partial charge in [0.05, 0.1) is 23.3 Å². The molecule has 144 valence electrons. The molecule has 8 nitrogen and oxygen atoms in total. The van der Waals surface area contributed by atoms with E-state index in [4.69, 9.17) is 9.15 Å². The summed E-state index contributed by atoms with van der Waals surface area (Å²) >= 11 is 0. The monoisotopic (exact) mass is 392 g/mol. The SMILES string of the molecule is C[C@@H](OC(=O)c1cccc(S(=O)(=O)NCc2ccco2)c1)C(=O)NC1CC1. The van der Waals surface area contributed by atoms with Gasteiger partial charge in [-0.25, -0.2) is 17.9 Å². The van der Waals surface area contributed by atoms with Crippen molar-refractivity contribution < 1.29 is 27.2 Å². The Bertz CT molecular complexity index is 919. The van der Waals surface area contributed by atoms with E-state index in [-0.39, 0.29) is 29.0 Å². The van der Waals surface area contributed by atoms with Crippen molar-refractivity contribution in [1.29, 1.82) is 0 Å². The maximum absolute atomic E-state index is 12.4. The Labute approximate surface area is 156 Å². The Kier molecular flexibility index (Phi) is 5.62. The third kappa shape index (κ3) is 5.18. The predicted octanol–water partition coefficient (Wildman–Crippen LogP) is 1.58. The summed E-state index contributed by atoms with van der Waals surface area (Å²) in [5.74, 6) is -0.670. The predicted molar refractivity (Wildman–Crippen MR) is 95.2 cm³/mol. The molecule has 1 aromatic carbocycles. The first kappa shape index (κ1) is 19.1. The lowest BCUT2D eigenvalue weighted by Crippen LogP contribution is -2.37. The molecule has 0 radical (unpaired) electrons. The fourth-order valence-electron chi connectivity index (χ4n) is 2.28. The van der Waals surface area contributed by atoms with Crippen LogP contribution < -0.4 is 10.0 Å². The van der Waals surface area contributed by atoms with Gasteiger partial charge in [0.2, 0.25) is 10.0 Å². The van der Waals surface area contributed by atoms with Gasteiger partial charge in [-0.3, -0.25) is 4.79 Å². The first-order valence-corrected chi connectivity index (χ1v) is 9.97. The Hall–Kier alpha value is -2.65. The molecule has 3 rings (SSSR count). The van der Waals surface area contributed by atoms with E-state index in [1.165, 1.54) is 37.5 Å². The topological polar surface area (TPSA) is 115 Å². The molecule has 1 saturated carbocycles. The summed E-state index contributed by atoms with van der Waals surface area (Å²) in [6.07, 6.45) is 2.34. The second-order valence-electron chi connectivity index (χ2n) is 6.26. The summed E-state index contributed by atoms with van der Waals surface area (Å²) in [5.41, 5.74) is 0.0435. The third-order valence-electron chi connectivity index (χ3n) is 3.97. The quantitative estimate of drug-likeness (QED) is 0.659. The highest BCUT2D eigenvalue weighted by Gasteiger charge is 2.27. The molecular formula is C18H20N2O6S. The molecule has 0 unspecified atom stereocenters. The largest absolute Gasteiger partial charge is 0.468 e. The summed E-state index contributed by atoms with van der Waals surface area (Å²) in [7, 11) is -3.84. The van der Waals surface area contributed by atoms with Crippen molar-refractivity contribution in [3.05, 3.63) is 54.0 Å². The second kappa shape index (κ2) is 7.93. The molecule has 0 bridgehead atoms. The number of carbonyl (C=O) groups excluding carboxylic acids is 2. The van der Waals surface area contributed by atoms with Gasteiger partial charge in [-0.1, -0.05) is 6.07 Å². The van der Waals surface area contributed by atoms with E-state index < -0.39 is 22.1 Å². The Morgan fingerprint density at radius 1 is 1.26 bits per heavy atom. The van der Waals surface area contributed by atoms with Gasteiger partial charge < -0.3 is 14.5 Å². The normalized spacial score (nSPS) is 15.1. The van der Waals surface area contributed by atoms with Gasteiger partial charge in [-0.05, 0) is 50.1 Å². The lowest BCUT2D eigenvalue weighted by molar-refractivity contribution is -0.129. The van der Waals surface area contributed by atoms with Crippen LogP contribution in [0.4, 0.5) is 0 Å². The Morgan fingerprint density at radius 2 is 2.04 bits per heavy atom. The van der Waals surface area contributed by atoms with Gasteiger partial charge in [0.1, 0.15) is 5.76 Å². The minimum Gasteiger partial charge on any atom is -0.468 e. The van der Waals surface area contributed by atoms with Crippen LogP contribution in [0.15, 0.2) is 52.0 Å². The van der Waals surface area contributed by atoms with Gasteiger partial charge >= 0.3 is 5.97 Å². The maximum atomic E-state index is 12.4. The molecule has 9 heteroatoms. The van der Waals surface area contributed by atoms with Crippen LogP contribution in [0.25, 0.3) is 0 Å². The molecular weight excluding hydrogens is 372 g/mol. The van der Waals surface area contributed by atoms with Crippen molar-refractivity contribution in [2.24, 2.45) is 0 Å². The Morgan fingerprint density at radius 3 is 2.70 bits per heavy atom. The van der Waals surface area contributed by atoms with Gasteiger partial charge in [0.15, 0.2) is 6.10 Å². The van der Waals surface area contributed by atoms with E-state index in [2.05, 4.69) is 10.0 Å². The number of amides is 1. The highest BCUT2D eigenvalue weighted by molar-refractivity contribution is 7.89. The van der Waals surface area contributed by atoms with Crippen LogP contribution in [0.3, 0.4) is 0 Å². The van der Waals surface area contributed by atoms with Crippen LogP contribution in [0, 0.1) is 0 Å². The van der Waals surface area contributed by atoms with Crippen LogP contribution in [0.1, 0.15) is 35.9 Å². The number of esters is 1. The highest BCUT2D eigenvalue weighted by Crippen LogP contribution is 2.19. The van der Waals surface area contributed by atoms with E-state index in [1.807, 2.05) is 0 Å². The summed E-state index contributed by atoms with van der Waals surface area (Å²) < 4.78 is 37.4. The second-order valence-corrected chi connectivity index (χ2v) is 8.03. The lowest BCUT2D eigenvalue weighted by atomic mass is 10.2. The molecule has 1 heterocycles. The number of carbonyl (C=O) groups is 2. The van der Waals surface area contributed by atoms with Crippen molar-refractivity contribution in [2.75, 3.05) is 0 Å². The molecule has 1 aliphatic carbocycles. The molecule has 0 spiro atoms. The summed E-state index contributed by atoms with van der Waals surface area (Å²) in [4.78, 5) is 24.0. The minimum absolute atomic E-state index is 0.0115. The van der Waals surface area contributed by atoms with Crippen LogP contribution in [0.5, 0.6) is 0 Å². The number of furan rings is 1. The van der Waals surface area contributed by atoms with E-state index in [0.717, 1.165) is 12.8 Å². The Balaban J connectivity index is 1.64. The molecule has 1 amide bonds. The number of benzene rings is 1. The zero-order chi connectivity index (χ0) is 19.4. The van der Waals surface area contributed by atoms with Gasteiger partial charge in [-0.15, -0.1) is 0 Å². The van der Waals surface area contributed by atoms with Crippen LogP contribution >= 0.6 is 0 Å². The summed E-state index contributed by atoms with van der Waals surface area (Å²) in [6.45, 7) is 1.46. The molecule has 1 aromatic heterocycles. The minimum atomic E-state index is -3.84. The number of sulfonamides is 1. The maximum Gasteiger partial charge on any atom is 0.338 e. The van der Waals surface area contributed by atoms with Gasteiger partial charge in [0.25, 0.3) is 5.91 Å². The number of hydrogen-bond donors (Lipinski definition) is 2. The molecule has 27 heavy (non-hydrogen) atoms. The van der Waals surface area contributed by atoms with Crippen LogP contribution in [0.2, 0.25) is 0 Å². The smallest absolute Gasteiger partial charge is 0.338 e. The molecule has 0 saturated heterocycles. The average molecular weight is 392 g/mol. The number of nitrogens with one attached hydrogen (secondary N) is 2. The molecule has 0 aliphatic heterocycles. The first-order valence-electron chi connectivity index (χ1n) is 8.48. The van der Waals surface area contributed by atoms with E-state index in [9.17, 15) is 18.0 Å². The molecule has 2 aromatic rings. The first-order chi connectivity index (χ1) is 12.8. The molecule has 1 atom stereocenters. The van der Waals surface area contributed by atoms with Crippen molar-refractivity contribution in [2.45, 2.75) is 43.4 Å². The lowest BCUT2D eigenvalue weighted by Gasteiger charge is -2.13. The van der Waals surface area contributed by atoms with Gasteiger partial charge in [0, 0.05) is 6.04 Å². The molecule has 2 N–H and O–H groups in total. The zero-order valence-electron chi connectivity index (χ0n) is 14.7. The average Bonchev–Trinajstić information content (AvgIpc) is 3.30. The molecule has 1 fully saturated rings. The standard InChI is InChI=1S/C18H20N2O6S/c1-12(17(21)20-14-7-8-14)26-18(22)13-4-2-6-16(10-13)27(23,24)19-11-15-5-3-9-25-15/h2-6,9-10,12,14,19H,7-8,11H2,1H3,(H,20,21)/t12-/m1/s1. The van der Waals surface area contributed by atoms with Crippen LogP contribution in [-0.2, 0) is 26.1 Å². The van der Waals surface area contributed by atoms with E-state index >= 15 is 0 Å². The highest BCUT2D eigenvalue weighted by atomic mass is 32.2. The fourth-order valence-corrected chi connectivity index (χ4v) is 3.32. The van der Waals surface area contributed by atoms with Crippen molar-refractivity contribution in [3.63, 3.8) is 0 Å². The van der Waals surface area contributed by atoms with E-state index in [1.54, 1.807) is 12.1 Å². The van der Waals surface area contributed by atoms with Crippen molar-refractivity contribution >= 4 is 21.9 Å². The number of rotatable bonds is 8. The zero-order valence-corrected chi connectivity index (χ0v) is 15.5. The van der Waals surface area contributed by atoms with Gasteiger partial charge in [-0.2, -0.15) is 0 Å². The third-order valence-corrected chi connectivity index (χ3v) is 5.37. The fraction of sp³-hybridized carbons (Fsp3) is 0.333. The van der Waals surface area contributed by atoms with Crippen molar-refractivity contribution in [1.82, 2.24) is 10.0 Å². The van der Waals surface area contributed by atoms with Crippen molar-refractivity contribution in [3.8, 4) is 0 Å².